The van der Waals surface area contributed by atoms with Crippen molar-refractivity contribution >= 4 is 34.4 Å². The second-order valence-corrected chi connectivity index (χ2v) is 9.89. The second-order valence-electron chi connectivity index (χ2n) is 8.80. The molecule has 0 radical (unpaired) electrons. The molecular formula is C26H33N3S+2. The Balaban J connectivity index is 1.52. The molecule has 0 aliphatic carbocycles. The number of nitrogens with zero attached hydrogens (tertiary/aromatic N) is 2. The molecule has 3 aromatic rings. The average molecular weight is 420 g/mol. The molecule has 0 fully saturated rings. The van der Waals surface area contributed by atoms with Crippen molar-refractivity contribution in [3.05, 3.63) is 71.4 Å². The molecule has 0 amide bonds. The fourth-order valence-electron chi connectivity index (χ4n) is 4.14. The molecule has 1 aliphatic heterocycles. The smallest absolute Gasteiger partial charge is 0.213 e. The van der Waals surface area contributed by atoms with E-state index in [2.05, 4.69) is 97.8 Å². The van der Waals surface area contributed by atoms with Gasteiger partial charge in [0, 0.05) is 17.0 Å². The Bertz CT molecular complexity index is 1030. The minimum Gasteiger partial charge on any atom is -0.349 e. The molecule has 0 saturated carbocycles. The number of pyridine rings is 1. The molecule has 2 heterocycles. The van der Waals surface area contributed by atoms with Gasteiger partial charge in [-0.25, -0.2) is 0 Å². The zero-order valence-corrected chi connectivity index (χ0v) is 19.2. The lowest BCUT2D eigenvalue weighted by Crippen LogP contribution is -2.43. The number of anilines is 1. The zero-order chi connectivity index (χ0) is 21.0. The van der Waals surface area contributed by atoms with E-state index >= 15 is 0 Å². The summed E-state index contributed by atoms with van der Waals surface area (Å²) in [5, 5.41) is 6.04. The quantitative estimate of drug-likeness (QED) is 0.361. The van der Waals surface area contributed by atoms with E-state index in [1.165, 1.54) is 64.4 Å². The Labute approximate surface area is 185 Å². The van der Waals surface area contributed by atoms with E-state index in [9.17, 15) is 0 Å². The Kier molecular flexibility index (Phi) is 6.45. The van der Waals surface area contributed by atoms with Crippen LogP contribution >= 0.6 is 11.8 Å². The first-order chi connectivity index (χ1) is 14.6. The fraction of sp³-hybridized carbons (Fsp3) is 0.346. The van der Waals surface area contributed by atoms with Crippen LogP contribution in [0.15, 0.2) is 70.7 Å². The van der Waals surface area contributed by atoms with E-state index in [0.29, 0.717) is 0 Å². The molecule has 3 nitrogen and oxygen atoms in total. The van der Waals surface area contributed by atoms with Crippen molar-refractivity contribution in [3.8, 4) is 0 Å². The molecule has 1 N–H and O–H groups in total. The average Bonchev–Trinajstić information content (AvgIpc) is 3.16. The van der Waals surface area contributed by atoms with Crippen molar-refractivity contribution in [2.45, 2.75) is 37.6 Å². The fourth-order valence-corrected chi connectivity index (χ4v) is 5.10. The van der Waals surface area contributed by atoms with Crippen LogP contribution in [0.4, 0.5) is 5.69 Å². The number of benzene rings is 2. The normalized spacial score (nSPS) is 14.8. The first kappa shape index (κ1) is 21.0. The van der Waals surface area contributed by atoms with Crippen LogP contribution < -0.4 is 9.88 Å². The number of para-hydroxylation sites is 2. The molecule has 156 valence electrons. The first-order valence-corrected chi connectivity index (χ1v) is 11.9. The molecule has 0 atom stereocenters. The summed E-state index contributed by atoms with van der Waals surface area (Å²) < 4.78 is 3.53. The van der Waals surface area contributed by atoms with E-state index in [0.717, 1.165) is 11.0 Å². The van der Waals surface area contributed by atoms with E-state index in [-0.39, 0.29) is 0 Å². The number of unbranched alkanes of at least 4 members (excludes halogenated alkanes) is 1. The van der Waals surface area contributed by atoms with E-state index in [1.807, 2.05) is 11.8 Å². The van der Waals surface area contributed by atoms with Crippen LogP contribution in [-0.4, -0.2) is 31.7 Å². The van der Waals surface area contributed by atoms with Crippen LogP contribution in [0.25, 0.3) is 17.0 Å². The highest BCUT2D eigenvalue weighted by atomic mass is 32.2. The lowest BCUT2D eigenvalue weighted by molar-refractivity contribution is -0.892. The van der Waals surface area contributed by atoms with Gasteiger partial charge in [0.15, 0.2) is 12.7 Å². The van der Waals surface area contributed by atoms with Crippen LogP contribution in [0.5, 0.6) is 0 Å². The Morgan fingerprint density at radius 3 is 2.57 bits per heavy atom. The minimum absolute atomic E-state index is 1.06. The van der Waals surface area contributed by atoms with Gasteiger partial charge in [-0.15, -0.1) is 0 Å². The Morgan fingerprint density at radius 1 is 0.967 bits per heavy atom. The molecule has 2 aromatic carbocycles. The molecule has 30 heavy (non-hydrogen) atoms. The van der Waals surface area contributed by atoms with Gasteiger partial charge >= 0.3 is 0 Å². The van der Waals surface area contributed by atoms with Crippen molar-refractivity contribution in [2.75, 3.05) is 32.5 Å². The van der Waals surface area contributed by atoms with E-state index in [4.69, 9.17) is 0 Å². The van der Waals surface area contributed by atoms with Crippen molar-refractivity contribution in [3.63, 3.8) is 0 Å². The standard InChI is InChI=1S/C26H32N3S/c1-4-5-18-29(2,3)19-10-16-28-17-15-21(22-11-6-8-13-24(22)28)20-26-27-23-12-7-9-14-25(23)30-26/h6-9,11-15,17,20H,4-5,10,16,18-19H2,1-3H3/q+1/p+1. The van der Waals surface area contributed by atoms with E-state index < -0.39 is 0 Å². The number of nitrogens with one attached hydrogen (secondary N) is 1. The highest BCUT2D eigenvalue weighted by Crippen LogP contribution is 2.41. The minimum atomic E-state index is 1.06. The summed E-state index contributed by atoms with van der Waals surface area (Å²) in [4.78, 5) is 1.29. The van der Waals surface area contributed by atoms with Crippen LogP contribution in [0, 0.1) is 0 Å². The Hall–Kier alpha value is -2.30. The first-order valence-electron chi connectivity index (χ1n) is 11.0. The number of hydrogen-bond donors (Lipinski definition) is 1. The Morgan fingerprint density at radius 2 is 1.73 bits per heavy atom. The number of aromatic nitrogens is 1. The molecule has 1 aromatic heterocycles. The van der Waals surface area contributed by atoms with Gasteiger partial charge < -0.3 is 9.80 Å². The summed E-state index contributed by atoms with van der Waals surface area (Å²) in [6.45, 7) is 5.81. The number of thioether (sulfide) groups is 1. The largest absolute Gasteiger partial charge is 0.349 e. The monoisotopic (exact) mass is 419 g/mol. The third-order valence-electron chi connectivity index (χ3n) is 5.89. The van der Waals surface area contributed by atoms with Crippen molar-refractivity contribution < 1.29 is 9.05 Å². The van der Waals surface area contributed by atoms with E-state index in [1.54, 1.807) is 0 Å². The summed E-state index contributed by atoms with van der Waals surface area (Å²) in [6.07, 6.45) is 8.31. The van der Waals surface area contributed by atoms with Crippen LogP contribution in [-0.2, 0) is 6.54 Å². The molecule has 0 saturated heterocycles. The summed E-state index contributed by atoms with van der Waals surface area (Å²) in [6, 6.07) is 19.5. The molecule has 0 spiro atoms. The topological polar surface area (TPSA) is 15.9 Å². The van der Waals surface area contributed by atoms with Crippen molar-refractivity contribution in [1.82, 2.24) is 0 Å². The summed E-state index contributed by atoms with van der Waals surface area (Å²) >= 11 is 1.81. The highest BCUT2D eigenvalue weighted by Gasteiger charge is 2.18. The molecular weight excluding hydrogens is 386 g/mol. The second kappa shape index (κ2) is 9.23. The lowest BCUT2D eigenvalue weighted by atomic mass is 10.1. The number of aryl methyl sites for hydroxylation is 1. The number of quaternary nitrogens is 1. The SMILES string of the molecule is CCCC[N+](C)(C)CCC[n+]1ccc(C=C2Nc3ccccc3S2)c2ccccc21. The lowest BCUT2D eigenvalue weighted by Gasteiger charge is -2.29. The maximum Gasteiger partial charge on any atom is 0.213 e. The van der Waals surface area contributed by atoms with Gasteiger partial charge in [-0.1, -0.05) is 49.4 Å². The predicted molar refractivity (Wildman–Crippen MR) is 129 cm³/mol. The van der Waals surface area contributed by atoms with Crippen LogP contribution in [0.1, 0.15) is 31.7 Å². The maximum absolute atomic E-state index is 3.55. The molecule has 0 unspecified atom stereocenters. The summed E-state index contributed by atoms with van der Waals surface area (Å²) in [5.74, 6) is 0. The van der Waals surface area contributed by atoms with Gasteiger partial charge in [0.2, 0.25) is 5.52 Å². The summed E-state index contributed by atoms with van der Waals surface area (Å²) in [5.41, 5.74) is 3.78. The highest BCUT2D eigenvalue weighted by molar-refractivity contribution is 8.03. The van der Waals surface area contributed by atoms with Crippen LogP contribution in [0.3, 0.4) is 0 Å². The molecule has 0 bridgehead atoms. The number of hydrogen-bond acceptors (Lipinski definition) is 2. The summed E-state index contributed by atoms with van der Waals surface area (Å²) in [7, 11) is 4.72. The van der Waals surface area contributed by atoms with Crippen LogP contribution in [0.2, 0.25) is 0 Å². The number of rotatable bonds is 8. The number of fused-ring (bicyclic) bond motifs is 2. The van der Waals surface area contributed by atoms with Gasteiger partial charge in [-0.2, -0.15) is 4.57 Å². The molecule has 4 rings (SSSR count). The third kappa shape index (κ3) is 4.88. The van der Waals surface area contributed by atoms with Gasteiger partial charge in [-0.3, -0.25) is 0 Å². The van der Waals surface area contributed by atoms with Gasteiger partial charge in [0.05, 0.1) is 49.7 Å². The van der Waals surface area contributed by atoms with Crippen molar-refractivity contribution in [1.29, 1.82) is 0 Å². The van der Waals surface area contributed by atoms with Crippen molar-refractivity contribution in [2.24, 2.45) is 0 Å². The predicted octanol–water partition coefficient (Wildman–Crippen LogP) is 5.91. The third-order valence-corrected chi connectivity index (χ3v) is 6.91. The van der Waals surface area contributed by atoms with Gasteiger partial charge in [0.1, 0.15) is 0 Å². The zero-order valence-electron chi connectivity index (χ0n) is 18.4. The maximum atomic E-state index is 3.55. The molecule has 4 heteroatoms. The van der Waals surface area contributed by atoms with Gasteiger partial charge in [-0.05, 0) is 36.3 Å². The van der Waals surface area contributed by atoms with Gasteiger partial charge in [0.25, 0.3) is 0 Å². The molecule has 1 aliphatic rings.